The molecular weight excluding hydrogens is 460 g/mol. The van der Waals surface area contributed by atoms with Crippen LogP contribution in [-0.2, 0) is 10.3 Å². The maximum Gasteiger partial charge on any atom is 0.410 e. The van der Waals surface area contributed by atoms with Crippen molar-refractivity contribution in [3.8, 4) is 0 Å². The van der Waals surface area contributed by atoms with E-state index in [1.807, 2.05) is 46.8 Å². The second-order valence-corrected chi connectivity index (χ2v) is 10.2. The second kappa shape index (κ2) is 9.08. The summed E-state index contributed by atoms with van der Waals surface area (Å²) in [6, 6.07) is 3.87. The fourth-order valence-electron chi connectivity index (χ4n) is 3.71. The van der Waals surface area contributed by atoms with E-state index in [1.165, 1.54) is 6.33 Å². The monoisotopic (exact) mass is 490 g/mol. The van der Waals surface area contributed by atoms with Gasteiger partial charge in [-0.1, -0.05) is 0 Å². The highest BCUT2D eigenvalue weighted by Gasteiger charge is 2.37. The van der Waals surface area contributed by atoms with Crippen LogP contribution in [0, 0.1) is 12.8 Å². The maximum absolute atomic E-state index is 12.3. The molecule has 2 aromatic heterocycles. The number of nitrogens with two attached hydrogens (primary N) is 1. The van der Waals surface area contributed by atoms with Crippen molar-refractivity contribution in [1.82, 2.24) is 19.9 Å². The Morgan fingerprint density at radius 3 is 2.48 bits per heavy atom. The highest BCUT2D eigenvalue weighted by atomic mass is 79.9. The molecule has 0 saturated carbocycles. The Balaban J connectivity index is 1.68. The van der Waals surface area contributed by atoms with Crippen molar-refractivity contribution < 1.29 is 9.53 Å². The van der Waals surface area contributed by atoms with Gasteiger partial charge in [0.05, 0.1) is 11.2 Å². The van der Waals surface area contributed by atoms with E-state index in [-0.39, 0.29) is 12.0 Å². The van der Waals surface area contributed by atoms with Crippen molar-refractivity contribution in [3.63, 3.8) is 0 Å². The van der Waals surface area contributed by atoms with E-state index in [1.54, 1.807) is 11.1 Å². The molecule has 1 aliphatic heterocycles. The molecule has 0 aliphatic carbocycles. The number of aromatic nitrogens is 3. The summed E-state index contributed by atoms with van der Waals surface area (Å²) in [6.07, 6.45) is 4.56. The number of ether oxygens (including phenoxy) is 1. The van der Waals surface area contributed by atoms with Gasteiger partial charge >= 0.3 is 6.09 Å². The first-order valence-electron chi connectivity index (χ1n) is 10.4. The Labute approximate surface area is 192 Å². The van der Waals surface area contributed by atoms with E-state index in [0.29, 0.717) is 18.9 Å². The smallest absolute Gasteiger partial charge is 0.410 e. The number of amides is 1. The molecule has 0 bridgehead atoms. The molecule has 0 aromatic carbocycles. The maximum atomic E-state index is 12.3. The molecule has 1 unspecified atom stereocenters. The van der Waals surface area contributed by atoms with Crippen molar-refractivity contribution >= 4 is 33.7 Å². The van der Waals surface area contributed by atoms with Crippen LogP contribution in [0.5, 0.6) is 0 Å². The summed E-state index contributed by atoms with van der Waals surface area (Å²) in [4.78, 5) is 27.3. The molecule has 0 spiro atoms. The molecule has 1 atom stereocenters. The Kier molecular flexibility index (Phi) is 6.85. The van der Waals surface area contributed by atoms with E-state index in [4.69, 9.17) is 10.5 Å². The van der Waals surface area contributed by atoms with Crippen LogP contribution < -0.4 is 11.1 Å². The van der Waals surface area contributed by atoms with Crippen LogP contribution in [0.25, 0.3) is 0 Å². The third-order valence-corrected chi connectivity index (χ3v) is 5.94. The molecule has 1 saturated heterocycles. The highest BCUT2D eigenvalue weighted by Crippen LogP contribution is 2.34. The first-order valence-corrected chi connectivity index (χ1v) is 11.2. The van der Waals surface area contributed by atoms with Crippen molar-refractivity contribution in [2.75, 3.05) is 18.4 Å². The lowest BCUT2D eigenvalue weighted by Gasteiger charge is -2.40. The van der Waals surface area contributed by atoms with Gasteiger partial charge in [0.1, 0.15) is 23.6 Å². The van der Waals surface area contributed by atoms with Crippen LogP contribution in [0.2, 0.25) is 0 Å². The minimum atomic E-state index is -0.651. The average molecular weight is 491 g/mol. The van der Waals surface area contributed by atoms with Crippen molar-refractivity contribution in [2.45, 2.75) is 58.6 Å². The van der Waals surface area contributed by atoms with Crippen LogP contribution in [0.3, 0.4) is 0 Å². The lowest BCUT2D eigenvalue weighted by atomic mass is 9.77. The Bertz CT molecular complexity index is 936. The molecule has 1 fully saturated rings. The first-order chi connectivity index (χ1) is 14.5. The number of carbonyl (C=O) groups is 1. The molecule has 3 heterocycles. The summed E-state index contributed by atoms with van der Waals surface area (Å²) in [5.74, 6) is 1.56. The zero-order valence-corrected chi connectivity index (χ0v) is 20.4. The van der Waals surface area contributed by atoms with E-state index in [0.717, 1.165) is 34.4 Å². The predicted octanol–water partition coefficient (Wildman–Crippen LogP) is 4.51. The quantitative estimate of drug-likeness (QED) is 0.648. The number of nitrogens with one attached hydrogen (secondary N) is 1. The number of likely N-dealkylation sites (tertiary alicyclic amines) is 1. The fourth-order valence-corrected chi connectivity index (χ4v) is 4.16. The average Bonchev–Trinajstić information content (AvgIpc) is 2.69. The molecule has 2 aromatic rings. The number of carbonyl (C=O) groups excluding carboxylic acids is 1. The number of pyridine rings is 1. The van der Waals surface area contributed by atoms with Crippen LogP contribution in [0.1, 0.15) is 51.8 Å². The van der Waals surface area contributed by atoms with E-state index < -0.39 is 11.1 Å². The number of anilines is 2. The molecule has 168 valence electrons. The number of rotatable bonds is 4. The molecule has 0 radical (unpaired) electrons. The summed E-state index contributed by atoms with van der Waals surface area (Å²) in [7, 11) is 0. The third kappa shape index (κ3) is 5.92. The fraction of sp³-hybridized carbons (Fsp3) is 0.545. The summed E-state index contributed by atoms with van der Waals surface area (Å²) in [5.41, 5.74) is 7.38. The highest BCUT2D eigenvalue weighted by molar-refractivity contribution is 9.10. The van der Waals surface area contributed by atoms with E-state index >= 15 is 0 Å². The van der Waals surface area contributed by atoms with Crippen molar-refractivity contribution in [2.24, 2.45) is 11.7 Å². The van der Waals surface area contributed by atoms with Gasteiger partial charge in [-0.25, -0.2) is 19.7 Å². The van der Waals surface area contributed by atoms with Gasteiger partial charge in [0, 0.05) is 29.8 Å². The molecule has 31 heavy (non-hydrogen) atoms. The summed E-state index contributed by atoms with van der Waals surface area (Å²) in [5, 5.41) is 3.25. The van der Waals surface area contributed by atoms with Crippen molar-refractivity contribution in [3.05, 3.63) is 40.4 Å². The number of halogens is 1. The summed E-state index contributed by atoms with van der Waals surface area (Å²) >= 11 is 3.43. The number of piperidine rings is 1. The molecule has 3 rings (SSSR count). The third-order valence-electron chi connectivity index (χ3n) is 5.51. The van der Waals surface area contributed by atoms with Gasteiger partial charge in [0.25, 0.3) is 0 Å². The summed E-state index contributed by atoms with van der Waals surface area (Å²) in [6.45, 7) is 10.8. The number of hydrogen-bond acceptors (Lipinski definition) is 7. The van der Waals surface area contributed by atoms with Crippen LogP contribution >= 0.6 is 15.9 Å². The van der Waals surface area contributed by atoms with Gasteiger partial charge in [-0.15, -0.1) is 0 Å². The lowest BCUT2D eigenvalue weighted by Crippen LogP contribution is -2.49. The van der Waals surface area contributed by atoms with Crippen LogP contribution in [0.15, 0.2) is 29.1 Å². The molecule has 9 heteroatoms. The normalized spacial score (nSPS) is 17.2. The SMILES string of the molecule is Cc1cc(Br)cnc1Nc1cc(C(C)(N)C2CCN(C(=O)OC(C)(C)C)CC2)ncn1. The predicted molar refractivity (Wildman–Crippen MR) is 124 cm³/mol. The Hall–Kier alpha value is -2.26. The first kappa shape index (κ1) is 23.4. The minimum absolute atomic E-state index is 0.182. The standard InChI is InChI=1S/C22H31BrN6O2/c1-14-10-16(23)12-25-19(14)28-18-11-17(26-13-27-18)22(5,24)15-6-8-29(9-7-15)20(30)31-21(2,3)4/h10-13,15H,6-9,24H2,1-5H3,(H,25,26,27,28). The molecule has 8 nitrogen and oxygen atoms in total. The number of hydrogen-bond donors (Lipinski definition) is 2. The van der Waals surface area contributed by atoms with E-state index in [9.17, 15) is 4.79 Å². The van der Waals surface area contributed by atoms with Crippen molar-refractivity contribution in [1.29, 1.82) is 0 Å². The van der Waals surface area contributed by atoms with Gasteiger partial charge in [-0.2, -0.15) is 0 Å². The van der Waals surface area contributed by atoms with Crippen LogP contribution in [0.4, 0.5) is 16.4 Å². The van der Waals surface area contributed by atoms with Gasteiger partial charge in [-0.05, 0) is 80.9 Å². The van der Waals surface area contributed by atoms with Gasteiger partial charge in [0.15, 0.2) is 0 Å². The lowest BCUT2D eigenvalue weighted by molar-refractivity contribution is 0.0149. The minimum Gasteiger partial charge on any atom is -0.444 e. The molecular formula is C22H31BrN6O2. The second-order valence-electron chi connectivity index (χ2n) is 9.26. The topological polar surface area (TPSA) is 106 Å². The molecule has 1 aliphatic rings. The van der Waals surface area contributed by atoms with E-state index in [2.05, 4.69) is 36.2 Å². The Morgan fingerprint density at radius 2 is 1.87 bits per heavy atom. The Morgan fingerprint density at radius 1 is 1.19 bits per heavy atom. The zero-order chi connectivity index (χ0) is 22.8. The molecule has 1 amide bonds. The number of aryl methyl sites for hydroxylation is 1. The molecule has 3 N–H and O–H groups in total. The largest absolute Gasteiger partial charge is 0.444 e. The van der Waals surface area contributed by atoms with Gasteiger partial charge < -0.3 is 20.7 Å². The number of nitrogens with zero attached hydrogens (tertiary/aromatic N) is 4. The summed E-state index contributed by atoms with van der Waals surface area (Å²) < 4.78 is 6.41. The van der Waals surface area contributed by atoms with Gasteiger partial charge in [0.2, 0.25) is 0 Å². The van der Waals surface area contributed by atoms with Crippen LogP contribution in [-0.4, -0.2) is 44.6 Å². The zero-order valence-electron chi connectivity index (χ0n) is 18.8. The van der Waals surface area contributed by atoms with Gasteiger partial charge in [-0.3, -0.25) is 0 Å².